The van der Waals surface area contributed by atoms with Gasteiger partial charge in [-0.25, -0.2) is 0 Å². The highest BCUT2D eigenvalue weighted by atomic mass is 16.2. The van der Waals surface area contributed by atoms with Crippen molar-refractivity contribution >= 4 is 5.91 Å². The Bertz CT molecular complexity index is 480. The Hall–Kier alpha value is -1.57. The van der Waals surface area contributed by atoms with Crippen LogP contribution < -0.4 is 5.32 Å². The SMILES string of the molecule is C=CCCNC(=O)C1C2CCc3ccccc3C21. The molecule has 0 bridgehead atoms. The first-order chi connectivity index (χ1) is 8.83. The van der Waals surface area contributed by atoms with Gasteiger partial charge in [-0.05, 0) is 42.2 Å². The van der Waals surface area contributed by atoms with Crippen molar-refractivity contribution < 1.29 is 4.79 Å². The van der Waals surface area contributed by atoms with E-state index in [0.29, 0.717) is 11.8 Å². The lowest BCUT2D eigenvalue weighted by Crippen LogP contribution is -2.26. The molecule has 2 aliphatic rings. The van der Waals surface area contributed by atoms with E-state index in [2.05, 4.69) is 36.2 Å². The number of rotatable bonds is 4. The molecule has 0 spiro atoms. The predicted octanol–water partition coefficient (Wildman–Crippen LogP) is 2.65. The van der Waals surface area contributed by atoms with Gasteiger partial charge in [-0.3, -0.25) is 4.79 Å². The summed E-state index contributed by atoms with van der Waals surface area (Å²) in [6.45, 7) is 4.39. The molecule has 3 rings (SSSR count). The van der Waals surface area contributed by atoms with Crippen molar-refractivity contribution in [2.75, 3.05) is 6.54 Å². The third-order valence-electron chi connectivity index (χ3n) is 4.28. The summed E-state index contributed by atoms with van der Waals surface area (Å²) in [5.74, 6) is 1.53. The highest BCUT2D eigenvalue weighted by Crippen LogP contribution is 2.59. The average Bonchev–Trinajstić information content (AvgIpc) is 3.14. The van der Waals surface area contributed by atoms with E-state index in [1.54, 1.807) is 0 Å². The van der Waals surface area contributed by atoms with Crippen LogP contribution in [0.15, 0.2) is 36.9 Å². The third-order valence-corrected chi connectivity index (χ3v) is 4.28. The number of aryl methyl sites for hydroxylation is 1. The molecule has 18 heavy (non-hydrogen) atoms. The first-order valence-electron chi connectivity index (χ1n) is 6.79. The maximum atomic E-state index is 12.1. The summed E-state index contributed by atoms with van der Waals surface area (Å²) in [6, 6.07) is 8.59. The molecular formula is C16H19NO. The van der Waals surface area contributed by atoms with Crippen molar-refractivity contribution in [3.63, 3.8) is 0 Å². The van der Waals surface area contributed by atoms with E-state index < -0.39 is 0 Å². The van der Waals surface area contributed by atoms with Crippen LogP contribution in [-0.4, -0.2) is 12.5 Å². The van der Waals surface area contributed by atoms with Crippen molar-refractivity contribution in [2.24, 2.45) is 11.8 Å². The lowest BCUT2D eigenvalue weighted by molar-refractivity contribution is -0.122. The molecule has 3 atom stereocenters. The molecule has 0 radical (unpaired) electrons. The number of hydrogen-bond donors (Lipinski definition) is 1. The molecule has 1 aromatic rings. The van der Waals surface area contributed by atoms with Gasteiger partial charge in [-0.2, -0.15) is 0 Å². The molecule has 0 aliphatic heterocycles. The monoisotopic (exact) mass is 241 g/mol. The smallest absolute Gasteiger partial charge is 0.224 e. The molecule has 0 aromatic heterocycles. The van der Waals surface area contributed by atoms with E-state index in [1.807, 2.05) is 6.08 Å². The summed E-state index contributed by atoms with van der Waals surface area (Å²) in [5, 5.41) is 3.02. The Morgan fingerprint density at radius 3 is 3.11 bits per heavy atom. The fraction of sp³-hybridized carbons (Fsp3) is 0.438. The number of carbonyl (C=O) groups is 1. The van der Waals surface area contributed by atoms with Gasteiger partial charge in [0.25, 0.3) is 0 Å². The standard InChI is InChI=1S/C16H19NO/c1-2-3-10-17-16(18)15-13-9-8-11-6-4-5-7-12(11)14(13)15/h2,4-7,13-15H,1,3,8-10H2,(H,17,18). The van der Waals surface area contributed by atoms with E-state index in [-0.39, 0.29) is 11.8 Å². The molecule has 2 aliphatic carbocycles. The minimum atomic E-state index is 0.221. The molecule has 1 amide bonds. The minimum Gasteiger partial charge on any atom is -0.356 e. The lowest BCUT2D eigenvalue weighted by atomic mass is 9.92. The van der Waals surface area contributed by atoms with Crippen LogP contribution in [0.3, 0.4) is 0 Å². The summed E-state index contributed by atoms with van der Waals surface area (Å²) >= 11 is 0. The number of benzene rings is 1. The molecular weight excluding hydrogens is 222 g/mol. The summed E-state index contributed by atoms with van der Waals surface area (Å²) in [5.41, 5.74) is 2.86. The Morgan fingerprint density at radius 2 is 2.28 bits per heavy atom. The van der Waals surface area contributed by atoms with E-state index in [0.717, 1.165) is 19.4 Å². The quantitative estimate of drug-likeness (QED) is 0.637. The number of nitrogens with one attached hydrogen (secondary N) is 1. The van der Waals surface area contributed by atoms with E-state index in [9.17, 15) is 4.79 Å². The zero-order valence-electron chi connectivity index (χ0n) is 10.6. The summed E-state index contributed by atoms with van der Waals surface area (Å²) in [7, 11) is 0. The van der Waals surface area contributed by atoms with Crippen molar-refractivity contribution in [3.8, 4) is 0 Å². The second-order valence-electron chi connectivity index (χ2n) is 5.32. The average molecular weight is 241 g/mol. The van der Waals surface area contributed by atoms with Gasteiger partial charge in [0.05, 0.1) is 0 Å². The number of fused-ring (bicyclic) bond motifs is 3. The second kappa shape index (κ2) is 4.60. The van der Waals surface area contributed by atoms with Gasteiger partial charge < -0.3 is 5.32 Å². The Balaban J connectivity index is 1.69. The third kappa shape index (κ3) is 1.86. The maximum Gasteiger partial charge on any atom is 0.224 e. The van der Waals surface area contributed by atoms with Gasteiger partial charge in [0.15, 0.2) is 0 Å². The summed E-state index contributed by atoms with van der Waals surface area (Å²) in [4.78, 5) is 12.1. The minimum absolute atomic E-state index is 0.221. The zero-order chi connectivity index (χ0) is 12.5. The molecule has 1 saturated carbocycles. The van der Waals surface area contributed by atoms with Gasteiger partial charge in [-0.15, -0.1) is 6.58 Å². The van der Waals surface area contributed by atoms with Crippen molar-refractivity contribution in [1.82, 2.24) is 5.32 Å². The molecule has 0 heterocycles. The first kappa shape index (κ1) is 11.5. The van der Waals surface area contributed by atoms with Crippen LogP contribution in [0.5, 0.6) is 0 Å². The van der Waals surface area contributed by atoms with Crippen molar-refractivity contribution in [2.45, 2.75) is 25.2 Å². The molecule has 1 N–H and O–H groups in total. The van der Waals surface area contributed by atoms with Crippen LogP contribution in [0.4, 0.5) is 0 Å². The van der Waals surface area contributed by atoms with Crippen LogP contribution in [-0.2, 0) is 11.2 Å². The molecule has 94 valence electrons. The van der Waals surface area contributed by atoms with Gasteiger partial charge in [-0.1, -0.05) is 30.3 Å². The zero-order valence-corrected chi connectivity index (χ0v) is 10.6. The van der Waals surface area contributed by atoms with Gasteiger partial charge in [0.1, 0.15) is 0 Å². The highest BCUT2D eigenvalue weighted by molar-refractivity contribution is 5.84. The lowest BCUT2D eigenvalue weighted by Gasteiger charge is -2.13. The Labute approximate surface area is 108 Å². The fourth-order valence-electron chi connectivity index (χ4n) is 3.34. The van der Waals surface area contributed by atoms with Crippen LogP contribution in [0, 0.1) is 11.8 Å². The highest BCUT2D eigenvalue weighted by Gasteiger charge is 2.56. The molecule has 2 nitrogen and oxygen atoms in total. The number of carbonyl (C=O) groups excluding carboxylic acids is 1. The molecule has 1 aromatic carbocycles. The largest absolute Gasteiger partial charge is 0.356 e. The van der Waals surface area contributed by atoms with E-state index in [4.69, 9.17) is 0 Å². The molecule has 0 saturated heterocycles. The van der Waals surface area contributed by atoms with Gasteiger partial charge in [0, 0.05) is 12.5 Å². The molecule has 1 fully saturated rings. The van der Waals surface area contributed by atoms with Crippen LogP contribution in [0.2, 0.25) is 0 Å². The van der Waals surface area contributed by atoms with Crippen LogP contribution in [0.1, 0.15) is 29.9 Å². The summed E-state index contributed by atoms with van der Waals surface area (Å²) in [6.07, 6.45) is 4.99. The predicted molar refractivity (Wildman–Crippen MR) is 72.3 cm³/mol. The molecule has 3 unspecified atom stereocenters. The molecule has 2 heteroatoms. The normalized spacial score (nSPS) is 27.9. The van der Waals surface area contributed by atoms with Crippen molar-refractivity contribution in [1.29, 1.82) is 0 Å². The Kier molecular flexibility index (Phi) is 2.94. The summed E-state index contributed by atoms with van der Waals surface area (Å²) < 4.78 is 0. The first-order valence-corrected chi connectivity index (χ1v) is 6.79. The van der Waals surface area contributed by atoms with Gasteiger partial charge >= 0.3 is 0 Å². The van der Waals surface area contributed by atoms with E-state index in [1.165, 1.54) is 17.5 Å². The Morgan fingerprint density at radius 1 is 1.44 bits per heavy atom. The number of amides is 1. The van der Waals surface area contributed by atoms with E-state index >= 15 is 0 Å². The maximum absolute atomic E-state index is 12.1. The topological polar surface area (TPSA) is 29.1 Å². The second-order valence-corrected chi connectivity index (χ2v) is 5.32. The fourth-order valence-corrected chi connectivity index (χ4v) is 3.34. The van der Waals surface area contributed by atoms with Crippen molar-refractivity contribution in [3.05, 3.63) is 48.0 Å². The van der Waals surface area contributed by atoms with Crippen LogP contribution >= 0.6 is 0 Å². The van der Waals surface area contributed by atoms with Gasteiger partial charge in [0.2, 0.25) is 5.91 Å². The van der Waals surface area contributed by atoms with Crippen LogP contribution in [0.25, 0.3) is 0 Å². The number of hydrogen-bond acceptors (Lipinski definition) is 1.